The van der Waals surface area contributed by atoms with Gasteiger partial charge in [-0.2, -0.15) is 5.26 Å². The van der Waals surface area contributed by atoms with Crippen LogP contribution in [0.4, 0.5) is 0 Å². The molecule has 0 saturated carbocycles. The van der Waals surface area contributed by atoms with Crippen LogP contribution in [0.25, 0.3) is 5.57 Å². The lowest BCUT2D eigenvalue weighted by molar-refractivity contribution is 0.105. The zero-order valence-corrected chi connectivity index (χ0v) is 20.8. The molecule has 0 amide bonds. The Labute approximate surface area is 196 Å². The quantitative estimate of drug-likeness (QED) is 0.494. The Hall–Kier alpha value is -2.35. The maximum absolute atomic E-state index is 13.5. The summed E-state index contributed by atoms with van der Waals surface area (Å²) >= 11 is 1.87. The maximum Gasteiger partial charge on any atom is 0.193 e. The van der Waals surface area contributed by atoms with Crippen molar-refractivity contribution in [1.29, 1.82) is 5.26 Å². The summed E-state index contributed by atoms with van der Waals surface area (Å²) in [5, 5.41) is 9.28. The van der Waals surface area contributed by atoms with E-state index in [-0.39, 0.29) is 11.2 Å². The van der Waals surface area contributed by atoms with E-state index >= 15 is 0 Å². The van der Waals surface area contributed by atoms with Crippen LogP contribution < -0.4 is 0 Å². The zero-order chi connectivity index (χ0) is 23.2. The van der Waals surface area contributed by atoms with Gasteiger partial charge in [0.25, 0.3) is 0 Å². The number of benzene rings is 2. The number of nitrogens with zero attached hydrogens (tertiary/aromatic N) is 2. The average Bonchev–Trinajstić information content (AvgIpc) is 3.14. The SMILES string of the molecule is CC(C)N(CCSc1ccc2c(c1)C(C)(C)C1=C(C2=O)c2ccc(C#N)cc2C1)C(C)C. The van der Waals surface area contributed by atoms with E-state index in [4.69, 9.17) is 0 Å². The number of carbonyl (C=O) groups excluding carboxylic acids is 1. The second-order valence-electron chi connectivity index (χ2n) is 9.95. The van der Waals surface area contributed by atoms with Gasteiger partial charge in [0.15, 0.2) is 5.78 Å². The number of carbonyl (C=O) groups is 1. The molecule has 0 atom stereocenters. The highest BCUT2D eigenvalue weighted by Crippen LogP contribution is 2.50. The second-order valence-corrected chi connectivity index (χ2v) is 11.1. The van der Waals surface area contributed by atoms with Gasteiger partial charge in [0.2, 0.25) is 0 Å². The Morgan fingerprint density at radius 3 is 2.41 bits per heavy atom. The summed E-state index contributed by atoms with van der Waals surface area (Å²) < 4.78 is 0. The maximum atomic E-state index is 13.5. The Balaban J connectivity index is 1.61. The third-order valence-corrected chi connectivity index (χ3v) is 7.98. The summed E-state index contributed by atoms with van der Waals surface area (Å²) in [6.07, 6.45) is 0.744. The van der Waals surface area contributed by atoms with Crippen molar-refractivity contribution in [2.75, 3.05) is 12.3 Å². The third-order valence-electron chi connectivity index (χ3n) is 7.01. The molecular weight excluding hydrogens is 412 g/mol. The number of nitriles is 1. The minimum absolute atomic E-state index is 0.125. The molecule has 0 spiro atoms. The van der Waals surface area contributed by atoms with Crippen molar-refractivity contribution in [2.24, 2.45) is 0 Å². The number of rotatable bonds is 6. The van der Waals surface area contributed by atoms with E-state index in [1.807, 2.05) is 36.0 Å². The smallest absolute Gasteiger partial charge is 0.193 e. The van der Waals surface area contributed by atoms with Gasteiger partial charge in [-0.25, -0.2) is 0 Å². The lowest BCUT2D eigenvalue weighted by atomic mass is 9.68. The first-order valence-electron chi connectivity index (χ1n) is 11.5. The van der Waals surface area contributed by atoms with Gasteiger partial charge in [-0.15, -0.1) is 11.8 Å². The average molecular weight is 445 g/mol. The van der Waals surface area contributed by atoms with Crippen LogP contribution in [-0.4, -0.2) is 35.1 Å². The van der Waals surface area contributed by atoms with Crippen LogP contribution in [0.1, 0.15) is 74.2 Å². The van der Waals surface area contributed by atoms with Gasteiger partial charge >= 0.3 is 0 Å². The molecule has 0 unspecified atom stereocenters. The van der Waals surface area contributed by atoms with Gasteiger partial charge in [0.05, 0.1) is 11.6 Å². The van der Waals surface area contributed by atoms with Crippen LogP contribution in [0.3, 0.4) is 0 Å². The summed E-state index contributed by atoms with van der Waals surface area (Å²) in [5.41, 5.74) is 6.53. The van der Waals surface area contributed by atoms with Crippen molar-refractivity contribution >= 4 is 23.1 Å². The monoisotopic (exact) mass is 444 g/mol. The highest BCUT2D eigenvalue weighted by molar-refractivity contribution is 7.99. The summed E-state index contributed by atoms with van der Waals surface area (Å²) in [5.74, 6) is 1.15. The van der Waals surface area contributed by atoms with E-state index in [0.717, 1.165) is 46.5 Å². The Morgan fingerprint density at radius 1 is 1.06 bits per heavy atom. The number of Topliss-reactive ketones (excluding diaryl/α,β-unsaturated/α-hetero) is 1. The molecule has 4 heteroatoms. The van der Waals surface area contributed by atoms with Crippen LogP contribution in [0, 0.1) is 11.3 Å². The number of allylic oxidation sites excluding steroid dienone is 2. The Kier molecular flexibility index (Phi) is 6.09. The van der Waals surface area contributed by atoms with Crippen LogP contribution in [0.5, 0.6) is 0 Å². The molecule has 0 fully saturated rings. The fraction of sp³-hybridized carbons (Fsp3) is 0.429. The first-order valence-corrected chi connectivity index (χ1v) is 12.5. The fourth-order valence-corrected chi connectivity index (χ4v) is 6.20. The van der Waals surface area contributed by atoms with Gasteiger partial charge in [0, 0.05) is 45.8 Å². The van der Waals surface area contributed by atoms with E-state index in [1.165, 1.54) is 10.5 Å². The van der Waals surface area contributed by atoms with Gasteiger partial charge in [-0.1, -0.05) is 19.9 Å². The van der Waals surface area contributed by atoms with Crippen LogP contribution in [-0.2, 0) is 11.8 Å². The zero-order valence-electron chi connectivity index (χ0n) is 20.0. The molecule has 32 heavy (non-hydrogen) atoms. The molecule has 2 aromatic carbocycles. The minimum atomic E-state index is -0.219. The number of thioether (sulfide) groups is 1. The minimum Gasteiger partial charge on any atom is -0.298 e. The molecule has 2 aliphatic carbocycles. The summed E-state index contributed by atoms with van der Waals surface area (Å²) in [4.78, 5) is 17.3. The normalized spacial score (nSPS) is 16.4. The fourth-order valence-electron chi connectivity index (χ4n) is 5.29. The van der Waals surface area contributed by atoms with Gasteiger partial charge in [-0.05, 0) is 86.7 Å². The van der Waals surface area contributed by atoms with Crippen LogP contribution >= 0.6 is 11.8 Å². The van der Waals surface area contributed by atoms with E-state index in [0.29, 0.717) is 17.6 Å². The number of fused-ring (bicyclic) bond motifs is 3. The predicted octanol–water partition coefficient (Wildman–Crippen LogP) is 6.25. The molecule has 4 rings (SSSR count). The number of ketones is 1. The topological polar surface area (TPSA) is 44.1 Å². The number of hydrogen-bond donors (Lipinski definition) is 0. The third kappa shape index (κ3) is 3.83. The van der Waals surface area contributed by atoms with E-state index in [1.54, 1.807) is 0 Å². The second kappa shape index (κ2) is 8.54. The first kappa shape index (κ1) is 22.8. The van der Waals surface area contributed by atoms with Crippen molar-refractivity contribution in [3.63, 3.8) is 0 Å². The molecule has 0 radical (unpaired) electrons. The Bertz CT molecular complexity index is 1140. The molecule has 0 bridgehead atoms. The van der Waals surface area contributed by atoms with Crippen molar-refractivity contribution in [3.8, 4) is 6.07 Å². The van der Waals surface area contributed by atoms with E-state index in [9.17, 15) is 10.1 Å². The predicted molar refractivity (Wildman–Crippen MR) is 133 cm³/mol. The lowest BCUT2D eigenvalue weighted by Gasteiger charge is -2.34. The van der Waals surface area contributed by atoms with Crippen LogP contribution in [0.15, 0.2) is 46.9 Å². The highest BCUT2D eigenvalue weighted by atomic mass is 32.2. The van der Waals surface area contributed by atoms with E-state index in [2.05, 4.69) is 64.6 Å². The van der Waals surface area contributed by atoms with E-state index < -0.39 is 0 Å². The van der Waals surface area contributed by atoms with Gasteiger partial charge in [-0.3, -0.25) is 9.69 Å². The molecule has 0 aliphatic heterocycles. The van der Waals surface area contributed by atoms with Crippen LogP contribution in [0.2, 0.25) is 0 Å². The molecular formula is C28H32N2OS. The van der Waals surface area contributed by atoms with Crippen molar-refractivity contribution in [2.45, 2.75) is 70.4 Å². The summed E-state index contributed by atoms with van der Waals surface area (Å²) in [6, 6.07) is 15.4. The Morgan fingerprint density at radius 2 is 1.75 bits per heavy atom. The molecule has 0 heterocycles. The molecule has 2 aromatic rings. The molecule has 0 saturated heterocycles. The number of hydrogen-bond acceptors (Lipinski definition) is 4. The van der Waals surface area contributed by atoms with Crippen molar-refractivity contribution in [3.05, 3.63) is 69.8 Å². The molecule has 0 N–H and O–H groups in total. The highest BCUT2D eigenvalue weighted by Gasteiger charge is 2.42. The molecule has 0 aromatic heterocycles. The molecule has 3 nitrogen and oxygen atoms in total. The van der Waals surface area contributed by atoms with Gasteiger partial charge < -0.3 is 0 Å². The van der Waals surface area contributed by atoms with Crippen molar-refractivity contribution in [1.82, 2.24) is 4.90 Å². The summed E-state index contributed by atoms with van der Waals surface area (Å²) in [7, 11) is 0. The lowest BCUT2D eigenvalue weighted by Crippen LogP contribution is -2.38. The van der Waals surface area contributed by atoms with Crippen molar-refractivity contribution < 1.29 is 4.79 Å². The largest absolute Gasteiger partial charge is 0.298 e. The molecule has 2 aliphatic rings. The van der Waals surface area contributed by atoms with Gasteiger partial charge in [0.1, 0.15) is 0 Å². The molecule has 166 valence electrons. The standard InChI is InChI=1S/C28H32N2OS/c1-17(2)30(18(3)4)11-12-32-21-8-10-23-24(15-21)28(5,6)25-14-20-13-19(16-29)7-9-22(20)26(25)27(23)31/h7-10,13,15,17-18H,11-12,14H2,1-6H3. The first-order chi connectivity index (χ1) is 15.1. The summed E-state index contributed by atoms with van der Waals surface area (Å²) in [6.45, 7) is 14.5.